The molecule has 118 valence electrons. The number of amides is 1. The van der Waals surface area contributed by atoms with Crippen molar-refractivity contribution in [3.63, 3.8) is 0 Å². The van der Waals surface area contributed by atoms with Crippen LogP contribution in [0.3, 0.4) is 0 Å². The standard InChI is InChI=1S/C17H21NO4/c1-21-13-7-5-12(6-8-13)18-16(20)14-11-15(19)22-17(14)9-3-2-4-10-17/h5-8,14H,2-4,9-11H2,1H3,(H,18,20)/t14-/m0/s1. The summed E-state index contributed by atoms with van der Waals surface area (Å²) in [6, 6.07) is 7.17. The fraction of sp³-hybridized carbons (Fsp3) is 0.529. The van der Waals surface area contributed by atoms with Crippen LogP contribution in [0.25, 0.3) is 0 Å². The molecule has 1 heterocycles. The Balaban J connectivity index is 1.73. The lowest BCUT2D eigenvalue weighted by molar-refractivity contribution is -0.153. The Hall–Kier alpha value is -2.04. The Bertz CT molecular complexity index is 561. The van der Waals surface area contributed by atoms with Crippen molar-refractivity contribution in [1.29, 1.82) is 0 Å². The van der Waals surface area contributed by atoms with Crippen LogP contribution < -0.4 is 10.1 Å². The number of nitrogens with one attached hydrogen (secondary N) is 1. The van der Waals surface area contributed by atoms with E-state index in [-0.39, 0.29) is 24.2 Å². The van der Waals surface area contributed by atoms with Gasteiger partial charge in [0.1, 0.15) is 11.4 Å². The third kappa shape index (κ3) is 2.80. The Morgan fingerprint density at radius 1 is 1.23 bits per heavy atom. The first-order valence-electron chi connectivity index (χ1n) is 7.80. The first-order valence-corrected chi connectivity index (χ1v) is 7.80. The van der Waals surface area contributed by atoms with Gasteiger partial charge in [-0.05, 0) is 49.9 Å². The van der Waals surface area contributed by atoms with Gasteiger partial charge < -0.3 is 14.8 Å². The molecular weight excluding hydrogens is 282 g/mol. The number of carbonyl (C=O) groups is 2. The summed E-state index contributed by atoms with van der Waals surface area (Å²) in [5.41, 5.74) is 0.127. The summed E-state index contributed by atoms with van der Waals surface area (Å²) >= 11 is 0. The van der Waals surface area contributed by atoms with Crippen molar-refractivity contribution >= 4 is 17.6 Å². The largest absolute Gasteiger partial charge is 0.497 e. The Morgan fingerprint density at radius 3 is 2.55 bits per heavy atom. The monoisotopic (exact) mass is 303 g/mol. The highest BCUT2D eigenvalue weighted by molar-refractivity contribution is 5.97. The van der Waals surface area contributed by atoms with E-state index in [0.29, 0.717) is 5.69 Å². The van der Waals surface area contributed by atoms with Crippen molar-refractivity contribution < 1.29 is 19.1 Å². The van der Waals surface area contributed by atoms with Crippen molar-refractivity contribution in [3.8, 4) is 5.75 Å². The van der Waals surface area contributed by atoms with Gasteiger partial charge in [-0.25, -0.2) is 0 Å². The summed E-state index contributed by atoms with van der Waals surface area (Å²) in [6.07, 6.45) is 4.94. The number of carbonyl (C=O) groups excluding carboxylic acids is 2. The lowest BCUT2D eigenvalue weighted by Gasteiger charge is -2.36. The number of methoxy groups -OCH3 is 1. The molecule has 1 aromatic rings. The third-order valence-electron chi connectivity index (χ3n) is 4.70. The van der Waals surface area contributed by atoms with Gasteiger partial charge in [0.2, 0.25) is 5.91 Å². The molecule has 1 spiro atoms. The summed E-state index contributed by atoms with van der Waals surface area (Å²) in [4.78, 5) is 24.4. The van der Waals surface area contributed by atoms with Crippen molar-refractivity contribution in [2.75, 3.05) is 12.4 Å². The lowest BCUT2D eigenvalue weighted by Crippen LogP contribution is -2.43. The number of hydrogen-bond donors (Lipinski definition) is 1. The van der Waals surface area contributed by atoms with Crippen molar-refractivity contribution in [2.45, 2.75) is 44.1 Å². The van der Waals surface area contributed by atoms with E-state index in [1.165, 1.54) is 0 Å². The highest BCUT2D eigenvalue weighted by Crippen LogP contribution is 2.44. The predicted molar refractivity (Wildman–Crippen MR) is 81.6 cm³/mol. The van der Waals surface area contributed by atoms with Gasteiger partial charge in [0, 0.05) is 5.69 Å². The molecule has 0 aromatic heterocycles. The minimum Gasteiger partial charge on any atom is -0.497 e. The van der Waals surface area contributed by atoms with E-state index in [9.17, 15) is 9.59 Å². The molecule has 1 saturated heterocycles. The van der Waals surface area contributed by atoms with E-state index in [4.69, 9.17) is 9.47 Å². The minimum atomic E-state index is -0.577. The van der Waals surface area contributed by atoms with Crippen LogP contribution in [0, 0.1) is 5.92 Å². The number of benzene rings is 1. The molecule has 1 amide bonds. The van der Waals surface area contributed by atoms with Crippen LogP contribution in [0.4, 0.5) is 5.69 Å². The van der Waals surface area contributed by atoms with Gasteiger partial charge in [0.05, 0.1) is 19.4 Å². The topological polar surface area (TPSA) is 64.6 Å². The van der Waals surface area contributed by atoms with Crippen LogP contribution in [-0.2, 0) is 14.3 Å². The van der Waals surface area contributed by atoms with Gasteiger partial charge in [-0.1, -0.05) is 6.42 Å². The second kappa shape index (κ2) is 5.99. The molecule has 0 radical (unpaired) electrons. The second-order valence-corrected chi connectivity index (χ2v) is 6.07. The highest BCUT2D eigenvalue weighted by Gasteiger charge is 2.52. The van der Waals surface area contributed by atoms with Crippen molar-refractivity contribution in [3.05, 3.63) is 24.3 Å². The van der Waals surface area contributed by atoms with Crippen LogP contribution in [0.5, 0.6) is 5.75 Å². The molecule has 5 nitrogen and oxygen atoms in total. The van der Waals surface area contributed by atoms with E-state index in [2.05, 4.69) is 5.32 Å². The van der Waals surface area contributed by atoms with E-state index < -0.39 is 5.60 Å². The minimum absolute atomic E-state index is 0.127. The van der Waals surface area contributed by atoms with Crippen LogP contribution in [0.15, 0.2) is 24.3 Å². The summed E-state index contributed by atoms with van der Waals surface area (Å²) < 4.78 is 10.7. The average molecular weight is 303 g/mol. The normalized spacial score (nSPS) is 23.1. The van der Waals surface area contributed by atoms with Crippen LogP contribution in [0.2, 0.25) is 0 Å². The van der Waals surface area contributed by atoms with Gasteiger partial charge in [-0.3, -0.25) is 9.59 Å². The molecule has 5 heteroatoms. The highest BCUT2D eigenvalue weighted by atomic mass is 16.6. The van der Waals surface area contributed by atoms with Gasteiger partial charge in [-0.15, -0.1) is 0 Å². The van der Waals surface area contributed by atoms with Crippen LogP contribution in [-0.4, -0.2) is 24.6 Å². The Labute approximate surface area is 130 Å². The maximum absolute atomic E-state index is 12.6. The van der Waals surface area contributed by atoms with E-state index in [1.54, 1.807) is 31.4 Å². The summed E-state index contributed by atoms with van der Waals surface area (Å²) in [5.74, 6) is -0.0294. The molecule has 1 saturated carbocycles. The van der Waals surface area contributed by atoms with Gasteiger partial charge in [0.25, 0.3) is 0 Å². The van der Waals surface area contributed by atoms with Crippen LogP contribution >= 0.6 is 0 Å². The number of ether oxygens (including phenoxy) is 2. The molecule has 1 atom stereocenters. The predicted octanol–water partition coefficient (Wildman–Crippen LogP) is 2.90. The smallest absolute Gasteiger partial charge is 0.307 e. The van der Waals surface area contributed by atoms with Gasteiger partial charge >= 0.3 is 5.97 Å². The molecule has 22 heavy (non-hydrogen) atoms. The molecule has 1 aromatic carbocycles. The molecule has 3 rings (SSSR count). The van der Waals surface area contributed by atoms with Gasteiger partial charge in [-0.2, -0.15) is 0 Å². The zero-order valence-corrected chi connectivity index (χ0v) is 12.8. The number of anilines is 1. The first kappa shape index (κ1) is 14.9. The summed E-state index contributed by atoms with van der Waals surface area (Å²) in [6.45, 7) is 0. The van der Waals surface area contributed by atoms with E-state index in [1.807, 2.05) is 0 Å². The molecular formula is C17H21NO4. The van der Waals surface area contributed by atoms with Crippen molar-refractivity contribution in [2.24, 2.45) is 5.92 Å². The molecule has 1 N–H and O–H groups in total. The number of hydrogen-bond acceptors (Lipinski definition) is 4. The van der Waals surface area contributed by atoms with Gasteiger partial charge in [0.15, 0.2) is 0 Å². The average Bonchev–Trinajstić information content (AvgIpc) is 2.84. The first-order chi connectivity index (χ1) is 10.6. The summed E-state index contributed by atoms with van der Waals surface area (Å²) in [7, 11) is 1.60. The number of esters is 1. The van der Waals surface area contributed by atoms with Crippen LogP contribution in [0.1, 0.15) is 38.5 Å². The fourth-order valence-electron chi connectivity index (χ4n) is 3.53. The molecule has 0 unspecified atom stereocenters. The SMILES string of the molecule is COc1ccc(NC(=O)[C@@H]2CC(=O)OC23CCCCC3)cc1. The zero-order chi connectivity index (χ0) is 15.6. The molecule has 1 aliphatic heterocycles. The molecule has 2 fully saturated rings. The van der Waals surface area contributed by atoms with Crippen molar-refractivity contribution in [1.82, 2.24) is 0 Å². The molecule has 0 bridgehead atoms. The second-order valence-electron chi connectivity index (χ2n) is 6.07. The zero-order valence-electron chi connectivity index (χ0n) is 12.8. The molecule has 2 aliphatic rings. The van der Waals surface area contributed by atoms with E-state index >= 15 is 0 Å². The quantitative estimate of drug-likeness (QED) is 0.872. The Kier molecular flexibility index (Phi) is 4.05. The maximum atomic E-state index is 12.6. The summed E-state index contributed by atoms with van der Waals surface area (Å²) in [5, 5.41) is 2.90. The Morgan fingerprint density at radius 2 is 1.91 bits per heavy atom. The van der Waals surface area contributed by atoms with E-state index in [0.717, 1.165) is 37.9 Å². The fourth-order valence-corrected chi connectivity index (χ4v) is 3.53. The molecule has 1 aliphatic carbocycles. The maximum Gasteiger partial charge on any atom is 0.307 e. The third-order valence-corrected chi connectivity index (χ3v) is 4.70. The number of rotatable bonds is 3. The lowest BCUT2D eigenvalue weighted by atomic mass is 9.75.